The predicted molar refractivity (Wildman–Crippen MR) is 65.6 cm³/mol. The molecule has 0 spiro atoms. The van der Waals surface area contributed by atoms with Crippen molar-refractivity contribution >= 4 is 5.69 Å². The third-order valence-electron chi connectivity index (χ3n) is 3.32. The van der Waals surface area contributed by atoms with Crippen LogP contribution in [-0.4, -0.2) is 29.3 Å². The molecule has 1 fully saturated rings. The van der Waals surface area contributed by atoms with Gasteiger partial charge in [-0.05, 0) is 31.7 Å². The van der Waals surface area contributed by atoms with Gasteiger partial charge in [0.25, 0.3) is 0 Å². The molecule has 1 unspecified atom stereocenters. The topological polar surface area (TPSA) is 60.2 Å². The highest BCUT2D eigenvalue weighted by molar-refractivity contribution is 5.58. The number of nitriles is 1. The van der Waals surface area contributed by atoms with Crippen LogP contribution in [0.5, 0.6) is 0 Å². The standard InChI is InChI=1S/C13H17N3O/c14-9-11-4-6-15-10-13(11)16-7-2-1-3-12(16)5-8-17/h4,6,10,12,17H,1-3,5,7-8H2. The van der Waals surface area contributed by atoms with Gasteiger partial charge in [-0.15, -0.1) is 0 Å². The molecule has 1 aromatic rings. The fraction of sp³-hybridized carbons (Fsp3) is 0.538. The van der Waals surface area contributed by atoms with Crippen LogP contribution in [0.25, 0.3) is 0 Å². The van der Waals surface area contributed by atoms with Gasteiger partial charge in [0.1, 0.15) is 6.07 Å². The Balaban J connectivity index is 2.26. The maximum absolute atomic E-state index is 9.11. The lowest BCUT2D eigenvalue weighted by Gasteiger charge is -2.37. The van der Waals surface area contributed by atoms with Gasteiger partial charge in [-0.1, -0.05) is 0 Å². The van der Waals surface area contributed by atoms with Crippen LogP contribution in [-0.2, 0) is 0 Å². The van der Waals surface area contributed by atoms with Crippen molar-refractivity contribution in [2.75, 3.05) is 18.1 Å². The number of hydrogen-bond donors (Lipinski definition) is 1. The summed E-state index contributed by atoms with van der Waals surface area (Å²) in [6.07, 6.45) is 7.59. The van der Waals surface area contributed by atoms with Gasteiger partial charge < -0.3 is 10.0 Å². The fourth-order valence-electron chi connectivity index (χ4n) is 2.48. The number of nitrogens with zero attached hydrogens (tertiary/aromatic N) is 3. The summed E-state index contributed by atoms with van der Waals surface area (Å²) in [4.78, 5) is 6.34. The van der Waals surface area contributed by atoms with Gasteiger partial charge in [0, 0.05) is 25.4 Å². The minimum Gasteiger partial charge on any atom is -0.396 e. The zero-order chi connectivity index (χ0) is 12.1. The normalized spacial score (nSPS) is 20.0. The molecule has 0 radical (unpaired) electrons. The van der Waals surface area contributed by atoms with Crippen LogP contribution in [0.1, 0.15) is 31.2 Å². The third kappa shape index (κ3) is 2.56. The Morgan fingerprint density at radius 3 is 3.18 bits per heavy atom. The highest BCUT2D eigenvalue weighted by Crippen LogP contribution is 2.28. The van der Waals surface area contributed by atoms with E-state index in [0.717, 1.165) is 31.5 Å². The van der Waals surface area contributed by atoms with E-state index in [-0.39, 0.29) is 6.61 Å². The van der Waals surface area contributed by atoms with Gasteiger partial charge in [0.2, 0.25) is 0 Å². The van der Waals surface area contributed by atoms with Gasteiger partial charge in [-0.25, -0.2) is 0 Å². The molecule has 4 heteroatoms. The maximum Gasteiger partial charge on any atom is 0.101 e. The monoisotopic (exact) mass is 231 g/mol. The van der Waals surface area contributed by atoms with E-state index < -0.39 is 0 Å². The Morgan fingerprint density at radius 1 is 1.53 bits per heavy atom. The molecule has 2 rings (SSSR count). The minimum atomic E-state index is 0.198. The van der Waals surface area contributed by atoms with Crippen LogP contribution in [0, 0.1) is 11.3 Å². The zero-order valence-corrected chi connectivity index (χ0v) is 9.84. The van der Waals surface area contributed by atoms with Crippen molar-refractivity contribution in [3.05, 3.63) is 24.0 Å². The van der Waals surface area contributed by atoms with E-state index in [2.05, 4.69) is 16.0 Å². The Labute approximate surface area is 102 Å². The first-order valence-electron chi connectivity index (χ1n) is 6.08. The number of anilines is 1. The molecule has 1 atom stereocenters. The summed E-state index contributed by atoms with van der Waals surface area (Å²) in [5.41, 5.74) is 1.58. The number of aliphatic hydroxyl groups is 1. The molecule has 1 aliphatic rings. The minimum absolute atomic E-state index is 0.198. The van der Waals surface area contributed by atoms with E-state index in [1.807, 2.05) is 0 Å². The van der Waals surface area contributed by atoms with Crippen LogP contribution in [0.2, 0.25) is 0 Å². The third-order valence-corrected chi connectivity index (χ3v) is 3.32. The SMILES string of the molecule is N#Cc1ccncc1N1CCCCC1CCO. The largest absolute Gasteiger partial charge is 0.396 e. The van der Waals surface area contributed by atoms with Crippen molar-refractivity contribution in [2.45, 2.75) is 31.7 Å². The lowest BCUT2D eigenvalue weighted by Crippen LogP contribution is -2.40. The van der Waals surface area contributed by atoms with Crippen LogP contribution in [0.3, 0.4) is 0 Å². The number of aliphatic hydroxyl groups excluding tert-OH is 1. The molecule has 2 heterocycles. The first-order valence-corrected chi connectivity index (χ1v) is 6.08. The van der Waals surface area contributed by atoms with E-state index in [1.165, 1.54) is 6.42 Å². The highest BCUT2D eigenvalue weighted by Gasteiger charge is 2.23. The molecule has 1 aromatic heterocycles. The van der Waals surface area contributed by atoms with Crippen LogP contribution >= 0.6 is 0 Å². The summed E-state index contributed by atoms with van der Waals surface area (Å²) in [7, 11) is 0. The number of aromatic nitrogens is 1. The molecule has 0 aromatic carbocycles. The van der Waals surface area contributed by atoms with Crippen molar-refractivity contribution in [1.29, 1.82) is 5.26 Å². The first-order chi connectivity index (χ1) is 8.36. The van der Waals surface area contributed by atoms with Gasteiger partial charge in [0.15, 0.2) is 0 Å². The lowest BCUT2D eigenvalue weighted by molar-refractivity contribution is 0.262. The highest BCUT2D eigenvalue weighted by atomic mass is 16.3. The Kier molecular flexibility index (Phi) is 3.94. The number of rotatable bonds is 3. The summed E-state index contributed by atoms with van der Waals surface area (Å²) in [6, 6.07) is 4.30. The second kappa shape index (κ2) is 5.65. The van der Waals surface area contributed by atoms with Crippen molar-refractivity contribution in [2.24, 2.45) is 0 Å². The summed E-state index contributed by atoms with van der Waals surface area (Å²) >= 11 is 0. The lowest BCUT2D eigenvalue weighted by atomic mass is 9.98. The Bertz CT molecular complexity index is 411. The van der Waals surface area contributed by atoms with Gasteiger partial charge in [0.05, 0.1) is 17.4 Å². The molecule has 1 saturated heterocycles. The Morgan fingerprint density at radius 2 is 2.41 bits per heavy atom. The van der Waals surface area contributed by atoms with Crippen molar-refractivity contribution < 1.29 is 5.11 Å². The molecular formula is C13H17N3O. The second-order valence-corrected chi connectivity index (χ2v) is 4.36. The molecule has 0 saturated carbocycles. The molecular weight excluding hydrogens is 214 g/mol. The fourth-order valence-corrected chi connectivity index (χ4v) is 2.48. The van der Waals surface area contributed by atoms with Gasteiger partial charge >= 0.3 is 0 Å². The van der Waals surface area contributed by atoms with Gasteiger partial charge in [-0.3, -0.25) is 4.98 Å². The molecule has 0 aliphatic carbocycles. The van der Waals surface area contributed by atoms with Gasteiger partial charge in [-0.2, -0.15) is 5.26 Å². The van der Waals surface area contributed by atoms with Crippen molar-refractivity contribution in [3.8, 4) is 6.07 Å². The van der Waals surface area contributed by atoms with Crippen LogP contribution in [0.4, 0.5) is 5.69 Å². The van der Waals surface area contributed by atoms with E-state index in [0.29, 0.717) is 11.6 Å². The van der Waals surface area contributed by atoms with Crippen molar-refractivity contribution in [1.82, 2.24) is 4.98 Å². The van der Waals surface area contributed by atoms with Crippen molar-refractivity contribution in [3.63, 3.8) is 0 Å². The predicted octanol–water partition coefficient (Wildman–Crippen LogP) is 1.69. The summed E-state index contributed by atoms with van der Waals surface area (Å²) in [5.74, 6) is 0. The average Bonchev–Trinajstić information content (AvgIpc) is 2.40. The molecule has 1 N–H and O–H groups in total. The van der Waals surface area contributed by atoms with E-state index >= 15 is 0 Å². The number of piperidine rings is 1. The summed E-state index contributed by atoms with van der Waals surface area (Å²) < 4.78 is 0. The molecule has 0 amide bonds. The number of hydrogen-bond acceptors (Lipinski definition) is 4. The molecule has 4 nitrogen and oxygen atoms in total. The second-order valence-electron chi connectivity index (χ2n) is 4.36. The van der Waals surface area contributed by atoms with E-state index in [9.17, 15) is 0 Å². The quantitative estimate of drug-likeness (QED) is 0.860. The van der Waals surface area contributed by atoms with Crippen LogP contribution in [0.15, 0.2) is 18.5 Å². The maximum atomic E-state index is 9.11. The molecule has 0 bridgehead atoms. The number of pyridine rings is 1. The summed E-state index contributed by atoms with van der Waals surface area (Å²) in [5, 5.41) is 18.2. The Hall–Kier alpha value is -1.60. The van der Waals surface area contributed by atoms with E-state index in [1.54, 1.807) is 18.5 Å². The molecule has 1 aliphatic heterocycles. The first kappa shape index (κ1) is 11.9. The molecule has 90 valence electrons. The smallest absolute Gasteiger partial charge is 0.101 e. The molecule has 17 heavy (non-hydrogen) atoms. The van der Waals surface area contributed by atoms with E-state index in [4.69, 9.17) is 10.4 Å². The average molecular weight is 231 g/mol. The van der Waals surface area contributed by atoms with Crippen LogP contribution < -0.4 is 4.90 Å². The summed E-state index contributed by atoms with van der Waals surface area (Å²) in [6.45, 7) is 1.15. The zero-order valence-electron chi connectivity index (χ0n) is 9.84.